The van der Waals surface area contributed by atoms with Gasteiger partial charge < -0.3 is 5.71 Å². The van der Waals surface area contributed by atoms with E-state index in [1.165, 1.54) is 0 Å². The normalized spacial score (nSPS) is 0. The zero-order chi connectivity index (χ0) is 0. The molecule has 20 valence electrons. The smallest absolute Gasteiger partial charge is 1.00 e. The predicted octanol–water partition coefficient (Wildman–Crippen LogP) is -0.317. The molecule has 0 saturated carbocycles. The third kappa shape index (κ3) is 8.94. The molecule has 0 aliphatic carbocycles. The second kappa shape index (κ2) is 16.4. The first-order chi connectivity index (χ1) is 0. The molecule has 0 aliphatic heterocycles. The Kier molecular flexibility index (Phi) is 112. The van der Waals surface area contributed by atoms with Crippen molar-refractivity contribution in [2.24, 2.45) is 0 Å². The fourth-order valence-corrected chi connectivity index (χ4v) is 0. The summed E-state index contributed by atoms with van der Waals surface area (Å²) in [6.07, 6.45) is 0. The van der Waals surface area contributed by atoms with E-state index in [1.807, 2.05) is 0 Å². The van der Waals surface area contributed by atoms with Crippen molar-refractivity contribution in [3.63, 3.8) is 0 Å². The van der Waals surface area contributed by atoms with Gasteiger partial charge in [0.25, 0.3) is 0 Å². The molecule has 0 amide bonds. The topological polar surface area (TPSA) is 0 Å². The number of hydrogen-bond donors (Lipinski definition) is 0. The first kappa shape index (κ1) is 27.3. The molecule has 0 N–H and O–H groups in total. The van der Waals surface area contributed by atoms with Gasteiger partial charge in [-0.25, -0.2) is 0 Å². The maximum atomic E-state index is 0. The number of rotatable bonds is 0. The summed E-state index contributed by atoms with van der Waals surface area (Å²) in [5.74, 6) is 0. The molecular weight excluding hydrogens is 188 g/mol. The molecule has 0 nitrogen and oxygen atoms in total. The molecule has 0 spiro atoms. The first-order valence-corrected chi connectivity index (χ1v) is 0. The van der Waals surface area contributed by atoms with Crippen LogP contribution in [-0.4, -0.2) is 60.8 Å². The predicted molar refractivity (Wildman–Crippen MR) is 16.0 cm³/mol. The molecule has 0 aromatic rings. The molecule has 4 heavy (non-hydrogen) atoms. The molecule has 0 radical (unpaired) electrons. The van der Waals surface area contributed by atoms with E-state index in [4.69, 9.17) is 0 Å². The third-order valence-electron chi connectivity index (χ3n) is 0. The van der Waals surface area contributed by atoms with Crippen LogP contribution in [0.5, 0.6) is 0 Å². The van der Waals surface area contributed by atoms with Crippen molar-refractivity contribution in [3.05, 3.63) is 0 Å². The first-order valence-electron chi connectivity index (χ1n) is 0. The zero-order valence-electron chi connectivity index (χ0n) is 6.44. The SMILES string of the molecule is [Ca+2].[H-].[H-].[H-].[H-].[Mg+2].[Ni].[Zn]. The maximum Gasteiger partial charge on any atom is 2.00 e. The molecule has 0 aliphatic rings. The van der Waals surface area contributed by atoms with Crippen LogP contribution in [0.2, 0.25) is 0 Å². The minimum absolute atomic E-state index is 0. The van der Waals surface area contributed by atoms with Gasteiger partial charge in [0, 0.05) is 36.0 Å². The summed E-state index contributed by atoms with van der Waals surface area (Å²) in [5, 5.41) is 0. The Bertz CT molecular complexity index is 16.0. The average molecular weight is 192 g/mol. The van der Waals surface area contributed by atoms with Gasteiger partial charge in [-0.15, -0.1) is 0 Å². The van der Waals surface area contributed by atoms with Crippen molar-refractivity contribution in [2.45, 2.75) is 0 Å². The van der Waals surface area contributed by atoms with E-state index in [0.29, 0.717) is 0 Å². The van der Waals surface area contributed by atoms with Gasteiger partial charge in [0.15, 0.2) is 0 Å². The van der Waals surface area contributed by atoms with Gasteiger partial charge in [-0.2, -0.15) is 0 Å². The van der Waals surface area contributed by atoms with E-state index in [9.17, 15) is 0 Å². The number of hydrogen-bond acceptors (Lipinski definition) is 0. The quantitative estimate of drug-likeness (QED) is 0.462. The Labute approximate surface area is 101 Å². The van der Waals surface area contributed by atoms with Crippen LogP contribution in [0.3, 0.4) is 0 Å². The van der Waals surface area contributed by atoms with Crippen LogP contribution >= 0.6 is 0 Å². The van der Waals surface area contributed by atoms with Crippen molar-refractivity contribution < 1.29 is 41.7 Å². The summed E-state index contributed by atoms with van der Waals surface area (Å²) < 4.78 is 0. The molecule has 0 rings (SSSR count). The van der Waals surface area contributed by atoms with Crippen LogP contribution in [0.25, 0.3) is 0 Å². The third-order valence-corrected chi connectivity index (χ3v) is 0. The molecule has 0 bridgehead atoms. The molecule has 0 unspecified atom stereocenters. The molecule has 0 saturated heterocycles. The summed E-state index contributed by atoms with van der Waals surface area (Å²) in [6, 6.07) is 0. The molecule has 0 atom stereocenters. The van der Waals surface area contributed by atoms with Gasteiger partial charge in [-0.05, 0) is 0 Å². The van der Waals surface area contributed by atoms with E-state index in [2.05, 4.69) is 0 Å². The summed E-state index contributed by atoms with van der Waals surface area (Å²) in [6.45, 7) is 0. The molecule has 0 heterocycles. The molecule has 0 aromatic carbocycles. The largest absolute Gasteiger partial charge is 2.00 e. The van der Waals surface area contributed by atoms with Crippen molar-refractivity contribution in [1.29, 1.82) is 0 Å². The van der Waals surface area contributed by atoms with Crippen LogP contribution in [0, 0.1) is 0 Å². The summed E-state index contributed by atoms with van der Waals surface area (Å²) >= 11 is 0. The Hall–Kier alpha value is 3.14. The van der Waals surface area contributed by atoms with Crippen LogP contribution in [0.4, 0.5) is 0 Å². The van der Waals surface area contributed by atoms with Gasteiger partial charge in [0.1, 0.15) is 0 Å². The van der Waals surface area contributed by atoms with Crippen LogP contribution in [0.15, 0.2) is 0 Å². The van der Waals surface area contributed by atoms with E-state index >= 15 is 0 Å². The van der Waals surface area contributed by atoms with E-state index in [-0.39, 0.29) is 102 Å². The Balaban J connectivity index is 0. The molecular formula is H4CaMgNiZn. The Morgan fingerprint density at radius 1 is 1.25 bits per heavy atom. The Morgan fingerprint density at radius 3 is 1.25 bits per heavy atom. The van der Waals surface area contributed by atoms with E-state index in [0.717, 1.165) is 0 Å². The standard InChI is InChI=1S/Ca.Mg.Ni.Zn.4H/q2*+2;;;4*-1. The fraction of sp³-hybridized carbons (Fsp3) is 0. The van der Waals surface area contributed by atoms with Gasteiger partial charge >= 0.3 is 60.8 Å². The Morgan fingerprint density at radius 2 is 1.25 bits per heavy atom. The minimum Gasteiger partial charge on any atom is -1.00 e. The zero-order valence-corrected chi connectivity index (χ0v) is 10.0. The monoisotopic (exact) mass is 190 g/mol. The molecule has 0 fully saturated rings. The molecule has 4 heteroatoms. The van der Waals surface area contributed by atoms with E-state index < -0.39 is 0 Å². The second-order valence-corrected chi connectivity index (χ2v) is 0. The van der Waals surface area contributed by atoms with Crippen molar-refractivity contribution in [3.8, 4) is 0 Å². The maximum absolute atomic E-state index is 0. The fourth-order valence-electron chi connectivity index (χ4n) is 0. The minimum atomic E-state index is 0. The van der Waals surface area contributed by atoms with Crippen molar-refractivity contribution >= 4 is 60.8 Å². The average Bonchev–Trinajstić information content (AvgIpc) is 0. The van der Waals surface area contributed by atoms with Crippen molar-refractivity contribution in [1.82, 2.24) is 0 Å². The van der Waals surface area contributed by atoms with Crippen LogP contribution in [0.1, 0.15) is 5.71 Å². The summed E-state index contributed by atoms with van der Waals surface area (Å²) in [5.41, 5.74) is 0. The van der Waals surface area contributed by atoms with E-state index in [1.54, 1.807) is 0 Å². The second-order valence-electron chi connectivity index (χ2n) is 0. The van der Waals surface area contributed by atoms with Crippen molar-refractivity contribution in [2.75, 3.05) is 0 Å². The van der Waals surface area contributed by atoms with Gasteiger partial charge in [-0.1, -0.05) is 0 Å². The van der Waals surface area contributed by atoms with Gasteiger partial charge in [0.05, 0.1) is 0 Å². The summed E-state index contributed by atoms with van der Waals surface area (Å²) in [4.78, 5) is 0. The summed E-state index contributed by atoms with van der Waals surface area (Å²) in [7, 11) is 0. The van der Waals surface area contributed by atoms with Crippen LogP contribution < -0.4 is 0 Å². The van der Waals surface area contributed by atoms with Crippen LogP contribution in [-0.2, 0) is 36.0 Å². The van der Waals surface area contributed by atoms with Gasteiger partial charge in [0.2, 0.25) is 0 Å². The van der Waals surface area contributed by atoms with Gasteiger partial charge in [-0.3, -0.25) is 0 Å². The molecule has 0 aromatic heterocycles.